The third-order valence-electron chi connectivity index (χ3n) is 5.21. The minimum atomic E-state index is -3.75. The van der Waals surface area contributed by atoms with Gasteiger partial charge < -0.3 is 11.1 Å². The summed E-state index contributed by atoms with van der Waals surface area (Å²) >= 11 is 0. The van der Waals surface area contributed by atoms with E-state index in [1.807, 2.05) is 0 Å². The van der Waals surface area contributed by atoms with Crippen LogP contribution >= 0.6 is 0 Å². The van der Waals surface area contributed by atoms with Crippen molar-refractivity contribution in [3.05, 3.63) is 12.4 Å². The van der Waals surface area contributed by atoms with E-state index in [-0.39, 0.29) is 29.3 Å². The standard InChI is InChI=1S/C15H25N5O3S/c16-12-6-10-2-1-3-11(7-12)15(10)19-14(21)4-5-20-9-13(8-18-20)24(17,22)23/h8-12,15H,1-7,16H2,(H,19,21)(H2,17,22,23). The van der Waals surface area contributed by atoms with Crippen molar-refractivity contribution in [2.75, 3.05) is 0 Å². The lowest BCUT2D eigenvalue weighted by molar-refractivity contribution is -0.123. The van der Waals surface area contributed by atoms with Gasteiger partial charge in [-0.15, -0.1) is 0 Å². The Labute approximate surface area is 142 Å². The van der Waals surface area contributed by atoms with Crippen LogP contribution in [0.5, 0.6) is 0 Å². The summed E-state index contributed by atoms with van der Waals surface area (Å²) in [7, 11) is -3.75. The molecule has 0 aromatic carbocycles. The van der Waals surface area contributed by atoms with E-state index in [0.29, 0.717) is 18.4 Å². The van der Waals surface area contributed by atoms with E-state index in [2.05, 4.69) is 10.4 Å². The van der Waals surface area contributed by atoms with Crippen LogP contribution in [-0.2, 0) is 21.4 Å². The molecule has 8 nitrogen and oxygen atoms in total. The summed E-state index contributed by atoms with van der Waals surface area (Å²) in [6.07, 6.45) is 8.25. The number of aromatic nitrogens is 2. The fourth-order valence-electron chi connectivity index (χ4n) is 4.11. The van der Waals surface area contributed by atoms with E-state index in [9.17, 15) is 13.2 Å². The number of nitrogens with two attached hydrogens (primary N) is 2. The van der Waals surface area contributed by atoms with Gasteiger partial charge in [-0.2, -0.15) is 5.10 Å². The highest BCUT2D eigenvalue weighted by Gasteiger charge is 2.39. The largest absolute Gasteiger partial charge is 0.353 e. The van der Waals surface area contributed by atoms with E-state index in [1.54, 1.807) is 0 Å². The topological polar surface area (TPSA) is 133 Å². The van der Waals surface area contributed by atoms with Crippen molar-refractivity contribution in [1.82, 2.24) is 15.1 Å². The molecular weight excluding hydrogens is 330 g/mol. The van der Waals surface area contributed by atoms with E-state index in [1.165, 1.54) is 23.5 Å². The van der Waals surface area contributed by atoms with Gasteiger partial charge in [0.2, 0.25) is 15.9 Å². The summed E-state index contributed by atoms with van der Waals surface area (Å²) in [4.78, 5) is 12.2. The van der Waals surface area contributed by atoms with Crippen LogP contribution in [-0.4, -0.2) is 36.2 Å². The number of carbonyl (C=O) groups excluding carboxylic acids is 1. The van der Waals surface area contributed by atoms with Crippen LogP contribution in [0.2, 0.25) is 0 Å². The molecular formula is C15H25N5O3S. The molecule has 0 radical (unpaired) electrons. The summed E-state index contributed by atoms with van der Waals surface area (Å²) in [6, 6.07) is 0.484. The number of aryl methyl sites for hydroxylation is 1. The Hall–Kier alpha value is -1.45. The van der Waals surface area contributed by atoms with E-state index in [0.717, 1.165) is 25.7 Å². The van der Waals surface area contributed by atoms with Crippen molar-refractivity contribution in [3.63, 3.8) is 0 Å². The summed E-state index contributed by atoms with van der Waals surface area (Å²) in [6.45, 7) is 0.322. The van der Waals surface area contributed by atoms with Crippen LogP contribution in [0.1, 0.15) is 38.5 Å². The van der Waals surface area contributed by atoms with Crippen LogP contribution in [0.3, 0.4) is 0 Å². The van der Waals surface area contributed by atoms with Gasteiger partial charge in [0.05, 0.1) is 6.20 Å². The molecule has 2 unspecified atom stereocenters. The molecule has 0 spiro atoms. The number of amides is 1. The van der Waals surface area contributed by atoms with Crippen molar-refractivity contribution in [1.29, 1.82) is 0 Å². The smallest absolute Gasteiger partial charge is 0.241 e. The minimum absolute atomic E-state index is 0.0278. The number of fused-ring (bicyclic) bond motifs is 2. The maximum absolute atomic E-state index is 12.3. The van der Waals surface area contributed by atoms with E-state index >= 15 is 0 Å². The lowest BCUT2D eigenvalue weighted by Crippen LogP contribution is -2.53. The summed E-state index contributed by atoms with van der Waals surface area (Å²) in [5.41, 5.74) is 6.11. The average Bonchev–Trinajstić information content (AvgIpc) is 2.95. The number of nitrogens with one attached hydrogen (secondary N) is 1. The molecule has 2 aliphatic carbocycles. The quantitative estimate of drug-likeness (QED) is 0.680. The Morgan fingerprint density at radius 2 is 2.00 bits per heavy atom. The van der Waals surface area contributed by atoms with Gasteiger partial charge in [0.15, 0.2) is 0 Å². The zero-order chi connectivity index (χ0) is 17.3. The molecule has 24 heavy (non-hydrogen) atoms. The molecule has 5 N–H and O–H groups in total. The van der Waals surface area contributed by atoms with Gasteiger partial charge in [0.1, 0.15) is 4.90 Å². The molecule has 1 aromatic rings. The van der Waals surface area contributed by atoms with Crippen molar-refractivity contribution < 1.29 is 13.2 Å². The van der Waals surface area contributed by atoms with Crippen molar-refractivity contribution >= 4 is 15.9 Å². The van der Waals surface area contributed by atoms with Crippen LogP contribution in [0.25, 0.3) is 0 Å². The molecule has 2 fully saturated rings. The van der Waals surface area contributed by atoms with Gasteiger partial charge in [-0.3, -0.25) is 9.48 Å². The molecule has 9 heteroatoms. The maximum Gasteiger partial charge on any atom is 0.241 e. The predicted molar refractivity (Wildman–Crippen MR) is 88.2 cm³/mol. The van der Waals surface area contributed by atoms with Gasteiger partial charge >= 0.3 is 0 Å². The second-order valence-electron chi connectivity index (χ2n) is 7.01. The molecule has 3 rings (SSSR count). The number of nitrogens with zero attached hydrogens (tertiary/aromatic N) is 2. The zero-order valence-electron chi connectivity index (χ0n) is 13.6. The second-order valence-corrected chi connectivity index (χ2v) is 8.57. The normalized spacial score (nSPS) is 30.1. The molecule has 1 aromatic heterocycles. The van der Waals surface area contributed by atoms with Gasteiger partial charge in [-0.05, 0) is 37.5 Å². The first kappa shape index (κ1) is 17.4. The van der Waals surface area contributed by atoms with Crippen LogP contribution in [0.15, 0.2) is 17.3 Å². The monoisotopic (exact) mass is 355 g/mol. The summed E-state index contributed by atoms with van der Waals surface area (Å²) in [5.74, 6) is 0.935. The lowest BCUT2D eigenvalue weighted by Gasteiger charge is -2.45. The first-order valence-electron chi connectivity index (χ1n) is 8.43. The third kappa shape index (κ3) is 3.96. The molecule has 0 aliphatic heterocycles. The Balaban J connectivity index is 1.53. The van der Waals surface area contributed by atoms with Crippen molar-refractivity contribution in [2.24, 2.45) is 22.7 Å². The Morgan fingerprint density at radius 1 is 1.33 bits per heavy atom. The molecule has 1 amide bonds. The average molecular weight is 355 g/mol. The lowest BCUT2D eigenvalue weighted by atomic mass is 9.67. The Kier molecular flexibility index (Phi) is 4.93. The fraction of sp³-hybridized carbons (Fsp3) is 0.733. The number of hydrogen-bond donors (Lipinski definition) is 3. The third-order valence-corrected chi connectivity index (χ3v) is 6.08. The minimum Gasteiger partial charge on any atom is -0.353 e. The van der Waals surface area contributed by atoms with Crippen molar-refractivity contribution in [3.8, 4) is 0 Å². The Morgan fingerprint density at radius 3 is 2.58 bits per heavy atom. The predicted octanol–water partition coefficient (Wildman–Crippen LogP) is -0.0572. The molecule has 2 saturated carbocycles. The van der Waals surface area contributed by atoms with Gasteiger partial charge in [-0.25, -0.2) is 13.6 Å². The van der Waals surface area contributed by atoms with Gasteiger partial charge in [0, 0.05) is 31.2 Å². The fourth-order valence-corrected chi connectivity index (χ4v) is 4.58. The van der Waals surface area contributed by atoms with Crippen LogP contribution < -0.4 is 16.2 Å². The molecule has 2 bridgehead atoms. The second kappa shape index (κ2) is 6.81. The summed E-state index contributed by atoms with van der Waals surface area (Å²) < 4.78 is 23.9. The molecule has 134 valence electrons. The molecule has 2 aliphatic rings. The molecule has 2 atom stereocenters. The SMILES string of the molecule is NC1CC2CCCC(C1)C2NC(=O)CCn1cc(S(N)(=O)=O)cn1. The van der Waals surface area contributed by atoms with Gasteiger partial charge in [0.25, 0.3) is 0 Å². The maximum atomic E-state index is 12.3. The van der Waals surface area contributed by atoms with E-state index < -0.39 is 10.0 Å². The Bertz CT molecular complexity index is 688. The van der Waals surface area contributed by atoms with E-state index in [4.69, 9.17) is 10.9 Å². The molecule has 1 heterocycles. The van der Waals surface area contributed by atoms with Crippen molar-refractivity contribution in [2.45, 2.75) is 62.0 Å². The number of rotatable bonds is 5. The highest BCUT2D eigenvalue weighted by atomic mass is 32.2. The molecule has 0 saturated heterocycles. The highest BCUT2D eigenvalue weighted by molar-refractivity contribution is 7.89. The zero-order valence-corrected chi connectivity index (χ0v) is 14.4. The first-order valence-corrected chi connectivity index (χ1v) is 9.98. The number of carbonyl (C=O) groups is 1. The number of hydrogen-bond acceptors (Lipinski definition) is 5. The van der Waals surface area contributed by atoms with Gasteiger partial charge in [-0.1, -0.05) is 6.42 Å². The highest BCUT2D eigenvalue weighted by Crippen LogP contribution is 2.39. The number of primary sulfonamides is 1. The van der Waals surface area contributed by atoms with Crippen LogP contribution in [0, 0.1) is 11.8 Å². The summed E-state index contributed by atoms with van der Waals surface area (Å²) in [5, 5.41) is 12.1. The first-order chi connectivity index (χ1) is 11.3. The van der Waals surface area contributed by atoms with Crippen LogP contribution in [0.4, 0.5) is 0 Å². The number of sulfonamides is 1.